The monoisotopic (exact) mass is 734 g/mol. The third-order valence-electron chi connectivity index (χ3n) is 10.3. The summed E-state index contributed by atoms with van der Waals surface area (Å²) < 4.78 is 0. The highest BCUT2D eigenvalue weighted by Crippen LogP contribution is 2.27. The van der Waals surface area contributed by atoms with Crippen LogP contribution < -0.4 is 26.6 Å². The lowest BCUT2D eigenvalue weighted by atomic mass is 9.93. The molecule has 0 saturated carbocycles. The molecular weight excluding hydrogens is 673 g/mol. The summed E-state index contributed by atoms with van der Waals surface area (Å²) in [5, 5.41) is 13.5. The second-order valence-corrected chi connectivity index (χ2v) is 16.2. The largest absolute Gasteiger partial charge is 0.353 e. The van der Waals surface area contributed by atoms with E-state index in [0.29, 0.717) is 32.2 Å². The molecule has 6 amide bonds. The maximum Gasteiger partial charge on any atom is 0.245 e. The second kappa shape index (κ2) is 20.8. The molecular formula is C37H62N6O7S. The van der Waals surface area contributed by atoms with Crippen LogP contribution in [-0.4, -0.2) is 100 Å². The number of carbonyl (C=O) groups excluding carboxylic acids is 7. The highest BCUT2D eigenvalue weighted by atomic mass is 32.2. The quantitative estimate of drug-likeness (QED) is 0.141. The van der Waals surface area contributed by atoms with Crippen molar-refractivity contribution >= 4 is 53.0 Å². The zero-order valence-corrected chi connectivity index (χ0v) is 32.3. The molecule has 3 aliphatic heterocycles. The van der Waals surface area contributed by atoms with Gasteiger partial charge in [0.15, 0.2) is 0 Å². The van der Waals surface area contributed by atoms with Crippen molar-refractivity contribution in [1.82, 2.24) is 31.5 Å². The van der Waals surface area contributed by atoms with Crippen molar-refractivity contribution in [2.75, 3.05) is 18.8 Å². The highest BCUT2D eigenvalue weighted by Gasteiger charge is 2.42. The molecule has 3 heterocycles. The van der Waals surface area contributed by atoms with E-state index in [1.54, 1.807) is 6.92 Å². The molecule has 0 aromatic heterocycles. The van der Waals surface area contributed by atoms with Gasteiger partial charge in [-0.2, -0.15) is 11.8 Å². The van der Waals surface area contributed by atoms with E-state index < -0.39 is 76.8 Å². The topological polar surface area (TPSA) is 183 Å². The van der Waals surface area contributed by atoms with Gasteiger partial charge in [-0.25, -0.2) is 0 Å². The van der Waals surface area contributed by atoms with E-state index in [-0.39, 0.29) is 42.8 Å². The Morgan fingerprint density at radius 2 is 1.51 bits per heavy atom. The van der Waals surface area contributed by atoms with Gasteiger partial charge in [0.05, 0.1) is 0 Å². The molecule has 0 radical (unpaired) electrons. The van der Waals surface area contributed by atoms with Crippen LogP contribution >= 0.6 is 11.8 Å². The fourth-order valence-electron chi connectivity index (χ4n) is 7.04. The number of ketones is 1. The number of fused-ring (bicyclic) bond motifs is 4. The van der Waals surface area contributed by atoms with Crippen molar-refractivity contribution in [1.29, 1.82) is 0 Å². The highest BCUT2D eigenvalue weighted by molar-refractivity contribution is 8.00. The Hall–Kier alpha value is -3.16. The van der Waals surface area contributed by atoms with Gasteiger partial charge in [0.25, 0.3) is 0 Å². The molecule has 3 aliphatic rings. The van der Waals surface area contributed by atoms with Crippen LogP contribution in [0.1, 0.15) is 119 Å². The summed E-state index contributed by atoms with van der Waals surface area (Å²) in [6.45, 7) is 11.6. The Kier molecular flexibility index (Phi) is 17.2. The Bertz CT molecular complexity index is 1250. The van der Waals surface area contributed by atoms with Crippen LogP contribution in [0.5, 0.6) is 0 Å². The number of thioether (sulfide) groups is 1. The normalized spacial score (nSPS) is 29.1. The first-order chi connectivity index (χ1) is 24.3. The van der Waals surface area contributed by atoms with Crippen molar-refractivity contribution in [2.45, 2.75) is 154 Å². The smallest absolute Gasteiger partial charge is 0.245 e. The first-order valence-corrected chi connectivity index (χ1v) is 20.3. The summed E-state index contributed by atoms with van der Waals surface area (Å²) in [6.07, 6.45) is 9.07. The SMILES string of the molecule is CCCCCCCCCC(=O)[C@@H]1C(=O)N[C@@H](CC(C)C)C(=O)N[C@H](C)C(=O)N2CCC[C@H]2C(=O)N[C@@H]([C@@H](C)CC)C(=O)N[C@H]2CS[C@H]1CNC2=O. The Balaban J connectivity index is 1.96. The number of carbonyl (C=O) groups is 7. The molecule has 288 valence electrons. The Labute approximate surface area is 308 Å². The van der Waals surface area contributed by atoms with Gasteiger partial charge in [-0.1, -0.05) is 79.6 Å². The molecule has 51 heavy (non-hydrogen) atoms. The molecule has 3 rings (SSSR count). The summed E-state index contributed by atoms with van der Waals surface area (Å²) in [6, 6.07) is -4.77. The van der Waals surface area contributed by atoms with Crippen molar-refractivity contribution < 1.29 is 33.6 Å². The summed E-state index contributed by atoms with van der Waals surface area (Å²) in [4.78, 5) is 97.5. The van der Waals surface area contributed by atoms with Gasteiger partial charge in [-0.15, -0.1) is 0 Å². The van der Waals surface area contributed by atoms with Crippen LogP contribution in [0.2, 0.25) is 0 Å². The number of nitrogens with zero attached hydrogens (tertiary/aromatic N) is 1. The minimum atomic E-state index is -1.15. The maximum atomic E-state index is 14.1. The molecule has 0 aromatic rings. The number of Topliss-reactive ketones (excluding diaryl/α,β-unsaturated/α-hetero) is 1. The number of hydrogen-bond acceptors (Lipinski definition) is 8. The van der Waals surface area contributed by atoms with Crippen LogP contribution in [0.3, 0.4) is 0 Å². The van der Waals surface area contributed by atoms with Crippen LogP contribution in [-0.2, 0) is 33.6 Å². The fraction of sp³-hybridized carbons (Fsp3) is 0.811. The zero-order chi connectivity index (χ0) is 37.7. The van der Waals surface area contributed by atoms with Crippen molar-refractivity contribution in [3.63, 3.8) is 0 Å². The Morgan fingerprint density at radius 1 is 0.824 bits per heavy atom. The van der Waals surface area contributed by atoms with E-state index in [2.05, 4.69) is 33.5 Å². The number of amides is 6. The standard InChI is InChI=1S/C37H62N6O7S/c1-7-9-10-11-12-13-14-17-28(44)30-29-20-38-32(45)26(21-51-29)41-36(49)31(23(5)8-2)42-34(47)27-16-15-18-43(27)37(50)24(6)39-33(46)25(19-22(3)4)40-35(30)48/h22-27,29-31H,7-21H2,1-6H3,(H,38,45)(H,39,46)(H,40,48)(H,41,49)(H,42,47)/t23-,24+,25-,26-,27-,29-,30-,31-/m0/s1. The number of unbranched alkanes of at least 4 members (excludes halogenated alkanes) is 6. The summed E-state index contributed by atoms with van der Waals surface area (Å²) in [7, 11) is 0. The molecule has 2 bridgehead atoms. The fourth-order valence-corrected chi connectivity index (χ4v) is 8.38. The van der Waals surface area contributed by atoms with Crippen molar-refractivity contribution in [3.05, 3.63) is 0 Å². The average Bonchev–Trinajstić information content (AvgIpc) is 3.52. The third kappa shape index (κ3) is 12.2. The predicted octanol–water partition coefficient (Wildman–Crippen LogP) is 2.60. The Morgan fingerprint density at radius 3 is 2.18 bits per heavy atom. The molecule has 0 aliphatic carbocycles. The summed E-state index contributed by atoms with van der Waals surface area (Å²) in [5.41, 5.74) is 0. The molecule has 13 nitrogen and oxygen atoms in total. The van der Waals surface area contributed by atoms with Gasteiger partial charge < -0.3 is 31.5 Å². The molecule has 0 unspecified atom stereocenters. The molecule has 8 atom stereocenters. The minimum absolute atomic E-state index is 0.00319. The van der Waals surface area contributed by atoms with E-state index in [1.165, 1.54) is 23.1 Å². The van der Waals surface area contributed by atoms with E-state index in [0.717, 1.165) is 32.1 Å². The number of rotatable bonds is 13. The van der Waals surface area contributed by atoms with E-state index in [9.17, 15) is 33.6 Å². The van der Waals surface area contributed by atoms with Crippen LogP contribution in [0, 0.1) is 17.8 Å². The van der Waals surface area contributed by atoms with Crippen LogP contribution in [0.25, 0.3) is 0 Å². The maximum absolute atomic E-state index is 14.1. The summed E-state index contributed by atoms with van der Waals surface area (Å²) in [5.74, 6) is -4.61. The molecule has 5 N–H and O–H groups in total. The zero-order valence-electron chi connectivity index (χ0n) is 31.5. The van der Waals surface area contributed by atoms with Gasteiger partial charge >= 0.3 is 0 Å². The number of hydrogen-bond donors (Lipinski definition) is 5. The van der Waals surface area contributed by atoms with Gasteiger partial charge in [-0.3, -0.25) is 33.6 Å². The van der Waals surface area contributed by atoms with Gasteiger partial charge in [0.1, 0.15) is 41.9 Å². The van der Waals surface area contributed by atoms with E-state index >= 15 is 0 Å². The van der Waals surface area contributed by atoms with Gasteiger partial charge in [-0.05, 0) is 44.4 Å². The molecule has 0 spiro atoms. The minimum Gasteiger partial charge on any atom is -0.353 e. The number of nitrogens with one attached hydrogen (secondary N) is 5. The van der Waals surface area contributed by atoms with Crippen molar-refractivity contribution in [2.24, 2.45) is 17.8 Å². The lowest BCUT2D eigenvalue weighted by molar-refractivity contribution is -0.142. The predicted molar refractivity (Wildman–Crippen MR) is 197 cm³/mol. The third-order valence-corrected chi connectivity index (χ3v) is 11.7. The average molecular weight is 735 g/mol. The van der Waals surface area contributed by atoms with E-state index in [1.807, 2.05) is 27.7 Å². The lowest BCUT2D eigenvalue weighted by Gasteiger charge is -2.31. The van der Waals surface area contributed by atoms with E-state index in [4.69, 9.17) is 0 Å². The molecule has 14 heteroatoms. The van der Waals surface area contributed by atoms with Crippen LogP contribution in [0.4, 0.5) is 0 Å². The van der Waals surface area contributed by atoms with Gasteiger partial charge in [0.2, 0.25) is 35.4 Å². The molecule has 0 aromatic carbocycles. The summed E-state index contributed by atoms with van der Waals surface area (Å²) >= 11 is 1.26. The first-order valence-electron chi connectivity index (χ1n) is 19.2. The van der Waals surface area contributed by atoms with Crippen molar-refractivity contribution in [3.8, 4) is 0 Å². The first kappa shape index (κ1) is 42.3. The molecule has 3 fully saturated rings. The van der Waals surface area contributed by atoms with Gasteiger partial charge in [0, 0.05) is 30.5 Å². The van der Waals surface area contributed by atoms with Crippen LogP contribution in [0.15, 0.2) is 0 Å². The second-order valence-electron chi connectivity index (χ2n) is 15.0. The molecule has 3 saturated heterocycles. The lowest BCUT2D eigenvalue weighted by Crippen LogP contribution is -2.60.